The van der Waals surface area contributed by atoms with Gasteiger partial charge in [0.1, 0.15) is 0 Å². The molecule has 0 aliphatic carbocycles. The summed E-state index contributed by atoms with van der Waals surface area (Å²) in [6, 6.07) is 10.9. The fourth-order valence-corrected chi connectivity index (χ4v) is 3.06. The van der Waals surface area contributed by atoms with Crippen LogP contribution in [0.5, 0.6) is 0 Å². The van der Waals surface area contributed by atoms with E-state index in [1.54, 1.807) is 12.1 Å². The third kappa shape index (κ3) is 6.11. The standard InChI is InChI=1S/2C9H7ClN2OS.Ni/c2*1-5-4-6(10)2-3-7(5)8-11-12-9(14)13-8;/h2*2-4H,1H3,(H,12,14);/q;;+2/p-2. The number of hydrogen-bond acceptors (Lipinski definition) is 8. The summed E-state index contributed by atoms with van der Waals surface area (Å²) in [5.41, 5.74) is 3.68. The van der Waals surface area contributed by atoms with Crippen LogP contribution in [0.25, 0.3) is 22.9 Å². The van der Waals surface area contributed by atoms with Gasteiger partial charge in [0.15, 0.2) is 0 Å². The molecular weight excluding hydrogens is 498 g/mol. The Morgan fingerprint density at radius 3 is 1.34 bits per heavy atom. The Hall–Kier alpha value is -1.77. The van der Waals surface area contributed by atoms with Crippen LogP contribution in [0.4, 0.5) is 0 Å². The zero-order valence-electron chi connectivity index (χ0n) is 15.0. The number of hydrogen-bond donors (Lipinski definition) is 0. The Bertz CT molecular complexity index is 1030. The molecule has 11 heteroatoms. The van der Waals surface area contributed by atoms with Crippen LogP contribution in [-0.2, 0) is 41.7 Å². The molecule has 2 aromatic heterocycles. The van der Waals surface area contributed by atoms with Crippen LogP contribution >= 0.6 is 23.2 Å². The van der Waals surface area contributed by atoms with E-state index in [0.29, 0.717) is 21.8 Å². The van der Waals surface area contributed by atoms with Crippen LogP contribution in [0.15, 0.2) is 55.7 Å². The average molecular weight is 510 g/mol. The Labute approximate surface area is 198 Å². The van der Waals surface area contributed by atoms with Gasteiger partial charge in [-0.05, 0) is 61.4 Å². The van der Waals surface area contributed by atoms with E-state index < -0.39 is 0 Å². The minimum absolute atomic E-state index is 0. The molecule has 0 N–H and O–H groups in total. The molecule has 0 fully saturated rings. The molecule has 0 aliphatic rings. The molecule has 29 heavy (non-hydrogen) atoms. The first-order valence-corrected chi connectivity index (χ1v) is 9.45. The second-order valence-electron chi connectivity index (χ2n) is 5.66. The van der Waals surface area contributed by atoms with Gasteiger partial charge in [0.25, 0.3) is 0 Å². The number of rotatable bonds is 2. The third-order valence-corrected chi connectivity index (χ3v) is 4.45. The number of nitrogens with zero attached hydrogens (tertiary/aromatic N) is 4. The van der Waals surface area contributed by atoms with Crippen molar-refractivity contribution < 1.29 is 25.3 Å². The van der Waals surface area contributed by atoms with E-state index in [-0.39, 0.29) is 26.9 Å². The second-order valence-corrected chi connectivity index (χ2v) is 7.24. The Morgan fingerprint density at radius 1 is 0.690 bits per heavy atom. The van der Waals surface area contributed by atoms with E-state index in [4.69, 9.17) is 57.3 Å². The van der Waals surface area contributed by atoms with Crippen molar-refractivity contribution in [1.29, 1.82) is 0 Å². The van der Waals surface area contributed by atoms with E-state index in [1.807, 2.05) is 38.1 Å². The Balaban J connectivity index is 0.000000200. The van der Waals surface area contributed by atoms with Crippen molar-refractivity contribution in [2.75, 3.05) is 0 Å². The summed E-state index contributed by atoms with van der Waals surface area (Å²) in [5.74, 6) is 0.869. The minimum Gasteiger partial charge on any atom is -0.719 e. The van der Waals surface area contributed by atoms with Gasteiger partial charge in [0.2, 0.25) is 11.8 Å². The smallest absolute Gasteiger partial charge is 0.719 e. The normalized spacial score (nSPS) is 10.1. The number of aromatic nitrogens is 4. The minimum atomic E-state index is 0. The van der Waals surface area contributed by atoms with Crippen LogP contribution in [-0.4, -0.2) is 20.4 Å². The summed E-state index contributed by atoms with van der Waals surface area (Å²) in [6.07, 6.45) is 0. The van der Waals surface area contributed by atoms with Gasteiger partial charge < -0.3 is 34.1 Å². The maximum atomic E-state index is 5.82. The molecule has 4 rings (SSSR count). The second kappa shape index (κ2) is 10.3. The molecule has 0 saturated heterocycles. The molecule has 4 aromatic rings. The summed E-state index contributed by atoms with van der Waals surface area (Å²) < 4.78 is 10.3. The van der Waals surface area contributed by atoms with Crippen molar-refractivity contribution in [1.82, 2.24) is 20.4 Å². The van der Waals surface area contributed by atoms with Crippen LogP contribution in [0, 0.1) is 13.8 Å². The maximum Gasteiger partial charge on any atom is 2.00 e. The zero-order valence-corrected chi connectivity index (χ0v) is 19.1. The van der Waals surface area contributed by atoms with Gasteiger partial charge in [-0.15, -0.1) is 20.4 Å². The van der Waals surface area contributed by atoms with Crippen molar-refractivity contribution in [3.05, 3.63) is 57.6 Å². The fourth-order valence-electron chi connectivity index (χ4n) is 2.37. The van der Waals surface area contributed by atoms with Gasteiger partial charge in [-0.25, -0.2) is 0 Å². The molecule has 0 spiro atoms. The van der Waals surface area contributed by atoms with E-state index in [9.17, 15) is 0 Å². The SMILES string of the molecule is Cc1cc(Cl)ccc1-c1nnc([S-])o1.Cc1cc(Cl)ccc1-c1nnc([S-])o1.[Ni+2]. The largest absolute Gasteiger partial charge is 2.00 e. The van der Waals surface area contributed by atoms with Crippen LogP contribution in [0.2, 0.25) is 10.0 Å². The quantitative estimate of drug-likeness (QED) is 0.269. The molecule has 0 saturated carbocycles. The van der Waals surface area contributed by atoms with Crippen molar-refractivity contribution in [3.63, 3.8) is 0 Å². The van der Waals surface area contributed by atoms with Crippen LogP contribution in [0.1, 0.15) is 11.1 Å². The van der Waals surface area contributed by atoms with Crippen molar-refractivity contribution >= 4 is 48.5 Å². The monoisotopic (exact) mass is 508 g/mol. The summed E-state index contributed by atoms with van der Waals surface area (Å²) in [4.78, 5) is 0. The molecule has 0 aliphatic heterocycles. The van der Waals surface area contributed by atoms with Crippen molar-refractivity contribution in [2.45, 2.75) is 24.3 Å². The molecular formula is C18H12Cl2N4NiO2S2. The summed E-state index contributed by atoms with van der Waals surface area (Å²) >= 11 is 21.1. The molecule has 0 bridgehead atoms. The fraction of sp³-hybridized carbons (Fsp3) is 0.111. The summed E-state index contributed by atoms with van der Waals surface area (Å²) in [7, 11) is 0. The first-order chi connectivity index (χ1) is 13.3. The summed E-state index contributed by atoms with van der Waals surface area (Å²) in [5, 5.41) is 16.5. The molecule has 0 unspecified atom stereocenters. The van der Waals surface area contributed by atoms with Crippen LogP contribution < -0.4 is 0 Å². The summed E-state index contributed by atoms with van der Waals surface area (Å²) in [6.45, 7) is 3.85. The molecule has 0 atom stereocenters. The Kier molecular flexibility index (Phi) is 8.37. The molecule has 2 aromatic carbocycles. The van der Waals surface area contributed by atoms with E-state index in [0.717, 1.165) is 22.3 Å². The van der Waals surface area contributed by atoms with Crippen molar-refractivity contribution in [3.8, 4) is 22.9 Å². The van der Waals surface area contributed by atoms with E-state index in [1.165, 1.54) is 0 Å². The number of benzene rings is 2. The van der Waals surface area contributed by atoms with Gasteiger partial charge in [-0.2, -0.15) is 0 Å². The molecule has 0 radical (unpaired) electrons. The first-order valence-electron chi connectivity index (χ1n) is 7.87. The van der Waals surface area contributed by atoms with E-state index in [2.05, 4.69) is 20.4 Å². The Morgan fingerprint density at radius 2 is 1.07 bits per heavy atom. The predicted octanol–water partition coefficient (Wildman–Crippen LogP) is 5.21. The topological polar surface area (TPSA) is 77.8 Å². The van der Waals surface area contributed by atoms with Crippen LogP contribution in [0.3, 0.4) is 0 Å². The first kappa shape index (κ1) is 23.5. The van der Waals surface area contributed by atoms with Crippen molar-refractivity contribution in [2.24, 2.45) is 0 Å². The van der Waals surface area contributed by atoms with Gasteiger partial charge >= 0.3 is 16.5 Å². The van der Waals surface area contributed by atoms with E-state index >= 15 is 0 Å². The average Bonchev–Trinajstić information content (AvgIpc) is 3.24. The molecule has 6 nitrogen and oxygen atoms in total. The predicted molar refractivity (Wildman–Crippen MR) is 110 cm³/mol. The number of halogens is 2. The maximum absolute atomic E-state index is 5.82. The third-order valence-electron chi connectivity index (χ3n) is 3.65. The molecule has 0 amide bonds. The molecule has 2 heterocycles. The van der Waals surface area contributed by atoms with Gasteiger partial charge in [0, 0.05) is 21.2 Å². The number of aryl methyl sites for hydroxylation is 2. The van der Waals surface area contributed by atoms with Gasteiger partial charge in [-0.3, -0.25) is 0 Å². The zero-order chi connectivity index (χ0) is 20.3. The molecule has 152 valence electrons. The van der Waals surface area contributed by atoms with Gasteiger partial charge in [-0.1, -0.05) is 23.2 Å². The van der Waals surface area contributed by atoms with Gasteiger partial charge in [0.05, 0.1) is 10.4 Å².